The van der Waals surface area contributed by atoms with E-state index in [0.717, 1.165) is 0 Å². The molecule has 0 spiro atoms. The molecule has 0 N–H and O–H groups in total. The number of anilines is 1. The molecule has 2 heteroatoms. The highest BCUT2D eigenvalue weighted by Crippen LogP contribution is 2.29. The van der Waals surface area contributed by atoms with Gasteiger partial charge in [0.2, 0.25) is 0 Å². The van der Waals surface area contributed by atoms with Crippen molar-refractivity contribution in [2.45, 2.75) is 11.3 Å². The smallest absolute Gasteiger partial charge is 0.0397 e. The van der Waals surface area contributed by atoms with Crippen molar-refractivity contribution >= 4 is 17.4 Å². The first-order valence-electron chi connectivity index (χ1n) is 4.19. The molecule has 0 saturated heterocycles. The van der Waals surface area contributed by atoms with E-state index in [1.54, 1.807) is 0 Å². The van der Waals surface area contributed by atoms with Gasteiger partial charge in [-0.25, -0.2) is 0 Å². The van der Waals surface area contributed by atoms with Gasteiger partial charge in [-0.1, -0.05) is 0 Å². The van der Waals surface area contributed by atoms with Crippen LogP contribution in [0.2, 0.25) is 0 Å². The van der Waals surface area contributed by atoms with Gasteiger partial charge in [-0.15, -0.1) is 11.8 Å². The average Bonchev–Trinajstić information content (AvgIpc) is 2.47. The lowest BCUT2D eigenvalue weighted by Gasteiger charge is -2.11. The molecule has 0 aromatic heterocycles. The molecule has 1 aromatic rings. The third-order valence-corrected chi connectivity index (χ3v) is 3.14. The van der Waals surface area contributed by atoms with Gasteiger partial charge in [-0.05, 0) is 36.4 Å². The Morgan fingerprint density at radius 1 is 1.42 bits per heavy atom. The van der Waals surface area contributed by atoms with Gasteiger partial charge in [0.05, 0.1) is 0 Å². The molecule has 64 valence electrons. The van der Waals surface area contributed by atoms with Gasteiger partial charge in [-0.2, -0.15) is 0 Å². The standard InChI is InChI=1S/C10H13NS/c1-11-6-5-8-7-9(12-2)3-4-10(8)11/h3-4,7H,5-6H2,1-2H3. The first-order valence-corrected chi connectivity index (χ1v) is 5.42. The van der Waals surface area contributed by atoms with Crippen LogP contribution in [0.3, 0.4) is 0 Å². The number of hydrogen-bond acceptors (Lipinski definition) is 2. The lowest BCUT2D eigenvalue weighted by Crippen LogP contribution is -2.12. The van der Waals surface area contributed by atoms with Crippen LogP contribution in [0, 0.1) is 0 Å². The van der Waals surface area contributed by atoms with E-state index in [0.29, 0.717) is 0 Å². The molecule has 0 bridgehead atoms. The van der Waals surface area contributed by atoms with Crippen LogP contribution in [0.5, 0.6) is 0 Å². The summed E-state index contributed by atoms with van der Waals surface area (Å²) in [6.45, 7) is 1.17. The Hall–Kier alpha value is -0.630. The maximum atomic E-state index is 2.32. The Kier molecular flexibility index (Phi) is 2.01. The Morgan fingerprint density at radius 3 is 3.00 bits per heavy atom. The maximum Gasteiger partial charge on any atom is 0.0397 e. The molecule has 0 saturated carbocycles. The van der Waals surface area contributed by atoms with Crippen molar-refractivity contribution in [2.24, 2.45) is 0 Å². The second-order valence-electron chi connectivity index (χ2n) is 3.17. The van der Waals surface area contributed by atoms with Crippen LogP contribution >= 0.6 is 11.8 Å². The summed E-state index contributed by atoms with van der Waals surface area (Å²) in [7, 11) is 2.16. The quantitative estimate of drug-likeness (QED) is 0.609. The molecule has 0 amide bonds. The van der Waals surface area contributed by atoms with Gasteiger partial charge in [0.15, 0.2) is 0 Å². The lowest BCUT2D eigenvalue weighted by molar-refractivity contribution is 0.956. The van der Waals surface area contributed by atoms with Crippen molar-refractivity contribution < 1.29 is 0 Å². The Bertz CT molecular complexity index is 296. The Labute approximate surface area is 77.8 Å². The van der Waals surface area contributed by atoms with Gasteiger partial charge in [0.25, 0.3) is 0 Å². The van der Waals surface area contributed by atoms with Gasteiger partial charge in [0.1, 0.15) is 0 Å². The number of thioether (sulfide) groups is 1. The third-order valence-electron chi connectivity index (χ3n) is 2.41. The fourth-order valence-corrected chi connectivity index (χ4v) is 2.13. The molecule has 2 rings (SSSR count). The second kappa shape index (κ2) is 3.02. The number of likely N-dealkylation sites (N-methyl/N-ethyl adjacent to an activating group) is 1. The summed E-state index contributed by atoms with van der Waals surface area (Å²) in [5.74, 6) is 0. The summed E-state index contributed by atoms with van der Waals surface area (Å²) in [5, 5.41) is 0. The summed E-state index contributed by atoms with van der Waals surface area (Å²) < 4.78 is 0. The zero-order valence-electron chi connectivity index (χ0n) is 7.50. The highest BCUT2D eigenvalue weighted by atomic mass is 32.2. The molecule has 1 aromatic carbocycles. The molecular formula is C10H13NS. The summed E-state index contributed by atoms with van der Waals surface area (Å²) in [4.78, 5) is 3.70. The van der Waals surface area contributed by atoms with Gasteiger partial charge in [-0.3, -0.25) is 0 Å². The number of fused-ring (bicyclic) bond motifs is 1. The molecule has 0 aliphatic carbocycles. The average molecular weight is 179 g/mol. The molecule has 1 aliphatic rings. The predicted octanol–water partition coefficient (Wildman–Crippen LogP) is 2.40. The number of nitrogens with zero attached hydrogens (tertiary/aromatic N) is 1. The highest BCUT2D eigenvalue weighted by molar-refractivity contribution is 7.98. The first kappa shape index (κ1) is 7.99. The van der Waals surface area contributed by atoms with Crippen LogP contribution < -0.4 is 4.90 Å². The molecule has 0 radical (unpaired) electrons. The normalized spacial score (nSPS) is 15.0. The molecule has 1 aliphatic heterocycles. The number of benzene rings is 1. The van der Waals surface area contributed by atoms with Crippen molar-refractivity contribution in [3.8, 4) is 0 Å². The third kappa shape index (κ3) is 1.20. The molecular weight excluding hydrogens is 166 g/mol. The van der Waals surface area contributed by atoms with Crippen LogP contribution in [0.1, 0.15) is 5.56 Å². The van der Waals surface area contributed by atoms with Gasteiger partial charge < -0.3 is 4.90 Å². The van der Waals surface area contributed by atoms with Crippen LogP contribution in [0.25, 0.3) is 0 Å². The van der Waals surface area contributed by atoms with Crippen LogP contribution in [-0.2, 0) is 6.42 Å². The maximum absolute atomic E-state index is 2.32. The van der Waals surface area contributed by atoms with Crippen LogP contribution in [0.4, 0.5) is 5.69 Å². The van der Waals surface area contributed by atoms with Crippen LogP contribution in [0.15, 0.2) is 23.1 Å². The first-order chi connectivity index (χ1) is 5.81. The van der Waals surface area contributed by atoms with E-state index in [4.69, 9.17) is 0 Å². The van der Waals surface area contributed by atoms with Crippen molar-refractivity contribution in [3.63, 3.8) is 0 Å². The highest BCUT2D eigenvalue weighted by Gasteiger charge is 2.14. The van der Waals surface area contributed by atoms with E-state index in [9.17, 15) is 0 Å². The molecule has 0 fully saturated rings. The lowest BCUT2D eigenvalue weighted by atomic mass is 10.2. The van der Waals surface area contributed by atoms with E-state index < -0.39 is 0 Å². The molecule has 0 atom stereocenters. The number of hydrogen-bond donors (Lipinski definition) is 0. The monoisotopic (exact) mass is 179 g/mol. The van der Waals surface area contributed by atoms with Crippen molar-refractivity contribution in [2.75, 3.05) is 24.7 Å². The summed E-state index contributed by atoms with van der Waals surface area (Å²) in [5.41, 5.74) is 2.91. The Balaban J connectivity index is 2.41. The van der Waals surface area contributed by atoms with E-state index in [2.05, 4.69) is 36.4 Å². The molecule has 0 unspecified atom stereocenters. The van der Waals surface area contributed by atoms with Crippen molar-refractivity contribution in [1.82, 2.24) is 0 Å². The minimum Gasteiger partial charge on any atom is -0.374 e. The molecule has 1 nitrogen and oxygen atoms in total. The Morgan fingerprint density at radius 2 is 2.25 bits per heavy atom. The van der Waals surface area contributed by atoms with E-state index in [1.807, 2.05) is 11.8 Å². The van der Waals surface area contributed by atoms with Gasteiger partial charge >= 0.3 is 0 Å². The molecule has 1 heterocycles. The van der Waals surface area contributed by atoms with Crippen molar-refractivity contribution in [3.05, 3.63) is 23.8 Å². The molecule has 12 heavy (non-hydrogen) atoms. The minimum atomic E-state index is 1.17. The number of rotatable bonds is 1. The van der Waals surface area contributed by atoms with Gasteiger partial charge in [0, 0.05) is 24.2 Å². The van der Waals surface area contributed by atoms with Crippen molar-refractivity contribution in [1.29, 1.82) is 0 Å². The fraction of sp³-hybridized carbons (Fsp3) is 0.400. The van der Waals surface area contributed by atoms with Crippen LogP contribution in [-0.4, -0.2) is 19.8 Å². The SMILES string of the molecule is CSc1ccc2c(c1)CCN2C. The second-order valence-corrected chi connectivity index (χ2v) is 4.05. The minimum absolute atomic E-state index is 1.17. The van der Waals surface area contributed by atoms with E-state index in [1.165, 1.54) is 29.1 Å². The largest absolute Gasteiger partial charge is 0.374 e. The summed E-state index contributed by atoms with van der Waals surface area (Å²) in [6, 6.07) is 6.74. The topological polar surface area (TPSA) is 3.24 Å². The fourth-order valence-electron chi connectivity index (χ4n) is 1.67. The van der Waals surface area contributed by atoms with E-state index in [-0.39, 0.29) is 0 Å². The zero-order valence-corrected chi connectivity index (χ0v) is 8.32. The van der Waals surface area contributed by atoms with E-state index >= 15 is 0 Å². The zero-order chi connectivity index (χ0) is 8.55. The summed E-state index contributed by atoms with van der Waals surface area (Å²) in [6.07, 6.45) is 3.33. The predicted molar refractivity (Wildman–Crippen MR) is 55.2 cm³/mol. The summed E-state index contributed by atoms with van der Waals surface area (Å²) >= 11 is 1.82.